The summed E-state index contributed by atoms with van der Waals surface area (Å²) < 4.78 is 11.5. The van der Waals surface area contributed by atoms with Gasteiger partial charge in [-0.25, -0.2) is 0 Å². The van der Waals surface area contributed by atoms with Gasteiger partial charge in [0.25, 0.3) is 0 Å². The van der Waals surface area contributed by atoms with Gasteiger partial charge in [0.2, 0.25) is 0 Å². The van der Waals surface area contributed by atoms with Crippen LogP contribution in [-0.4, -0.2) is 18.3 Å². The smallest absolute Gasteiger partial charge is 0.127 e. The Hall–Kier alpha value is -1.13. The van der Waals surface area contributed by atoms with Crippen LogP contribution in [0.4, 0.5) is 0 Å². The van der Waals surface area contributed by atoms with Crippen molar-refractivity contribution in [3.63, 3.8) is 0 Å². The van der Waals surface area contributed by atoms with Crippen molar-refractivity contribution in [2.45, 2.75) is 0 Å². The Morgan fingerprint density at radius 1 is 1.58 bits per heavy atom. The standard InChI is InChI=1S/C8H9N2OP/c1-12(2,11)8-5-7(6-9)3-4-10-8/h3-5H,1-2H3. The highest BCUT2D eigenvalue weighted by Gasteiger charge is 2.12. The minimum atomic E-state index is -2.32. The molecule has 1 heterocycles. The fraction of sp³-hybridized carbons (Fsp3) is 0.250. The van der Waals surface area contributed by atoms with Crippen LogP contribution in [0.5, 0.6) is 0 Å². The third-order valence-corrected chi connectivity index (χ3v) is 2.77. The molecule has 62 valence electrons. The molecule has 0 fully saturated rings. The zero-order valence-corrected chi connectivity index (χ0v) is 7.88. The molecule has 0 saturated heterocycles. The summed E-state index contributed by atoms with van der Waals surface area (Å²) in [5, 5.41) is 8.56. The van der Waals surface area contributed by atoms with Crippen molar-refractivity contribution >= 4 is 12.6 Å². The van der Waals surface area contributed by atoms with Crippen molar-refractivity contribution in [1.82, 2.24) is 4.98 Å². The van der Waals surface area contributed by atoms with E-state index in [-0.39, 0.29) is 0 Å². The van der Waals surface area contributed by atoms with Crippen molar-refractivity contribution in [1.29, 1.82) is 5.26 Å². The molecule has 0 bridgehead atoms. The predicted octanol–water partition coefficient (Wildman–Crippen LogP) is 1.20. The van der Waals surface area contributed by atoms with Gasteiger partial charge in [0.1, 0.15) is 12.6 Å². The van der Waals surface area contributed by atoms with Gasteiger partial charge in [0, 0.05) is 6.20 Å². The van der Waals surface area contributed by atoms with Crippen LogP contribution in [0.2, 0.25) is 0 Å². The number of rotatable bonds is 1. The number of aromatic nitrogens is 1. The quantitative estimate of drug-likeness (QED) is 0.610. The molecule has 1 rings (SSSR count). The molecule has 3 nitrogen and oxygen atoms in total. The molecule has 1 aromatic heterocycles. The van der Waals surface area contributed by atoms with E-state index in [1.807, 2.05) is 6.07 Å². The summed E-state index contributed by atoms with van der Waals surface area (Å²) in [6.45, 7) is 3.27. The van der Waals surface area contributed by atoms with E-state index in [9.17, 15) is 4.57 Å². The Kier molecular flexibility index (Phi) is 2.30. The highest BCUT2D eigenvalue weighted by Crippen LogP contribution is 2.33. The highest BCUT2D eigenvalue weighted by atomic mass is 31.2. The van der Waals surface area contributed by atoms with Crippen molar-refractivity contribution in [2.75, 3.05) is 13.3 Å². The monoisotopic (exact) mass is 180 g/mol. The molecule has 0 unspecified atom stereocenters. The molecule has 0 aliphatic carbocycles. The number of pyridine rings is 1. The van der Waals surface area contributed by atoms with Crippen molar-refractivity contribution in [3.05, 3.63) is 23.9 Å². The van der Waals surface area contributed by atoms with Gasteiger partial charge in [0.15, 0.2) is 0 Å². The molecule has 0 atom stereocenters. The maximum absolute atomic E-state index is 11.5. The normalized spacial score (nSPS) is 10.8. The molecular formula is C8H9N2OP. The first kappa shape index (κ1) is 8.96. The first-order valence-electron chi connectivity index (χ1n) is 3.46. The minimum absolute atomic E-state index is 0.504. The van der Waals surface area contributed by atoms with Crippen LogP contribution in [0.15, 0.2) is 18.3 Å². The Labute approximate surface area is 71.4 Å². The number of hydrogen-bond acceptors (Lipinski definition) is 3. The highest BCUT2D eigenvalue weighted by molar-refractivity contribution is 7.69. The van der Waals surface area contributed by atoms with E-state index in [4.69, 9.17) is 5.26 Å². The van der Waals surface area contributed by atoms with Gasteiger partial charge in [0.05, 0.1) is 11.6 Å². The number of hydrogen-bond donors (Lipinski definition) is 0. The average Bonchev–Trinajstić information content (AvgIpc) is 2.03. The topological polar surface area (TPSA) is 53.8 Å². The van der Waals surface area contributed by atoms with E-state index in [1.54, 1.807) is 25.5 Å². The third-order valence-electron chi connectivity index (χ3n) is 1.43. The van der Waals surface area contributed by atoms with Crippen LogP contribution in [0.25, 0.3) is 0 Å². The Balaban J connectivity index is 3.22. The average molecular weight is 180 g/mol. The fourth-order valence-electron chi connectivity index (χ4n) is 0.782. The first-order chi connectivity index (χ1) is 5.54. The molecule has 0 aliphatic rings. The summed E-state index contributed by atoms with van der Waals surface area (Å²) in [7, 11) is -2.32. The van der Waals surface area contributed by atoms with Crippen molar-refractivity contribution in [2.24, 2.45) is 0 Å². The summed E-state index contributed by atoms with van der Waals surface area (Å²) in [5.74, 6) is 0. The molecule has 1 aromatic rings. The van der Waals surface area contributed by atoms with E-state index < -0.39 is 7.14 Å². The second-order valence-electron chi connectivity index (χ2n) is 2.87. The number of nitrogens with zero attached hydrogens (tertiary/aromatic N) is 2. The SMILES string of the molecule is CP(C)(=O)c1cc(C#N)ccn1. The molecule has 0 spiro atoms. The lowest BCUT2D eigenvalue weighted by atomic mass is 10.3. The van der Waals surface area contributed by atoms with Crippen LogP contribution < -0.4 is 5.44 Å². The molecule has 4 heteroatoms. The van der Waals surface area contributed by atoms with E-state index >= 15 is 0 Å². The maximum atomic E-state index is 11.5. The van der Waals surface area contributed by atoms with Gasteiger partial charge in [-0.2, -0.15) is 5.26 Å². The summed E-state index contributed by atoms with van der Waals surface area (Å²) in [6.07, 6.45) is 1.51. The molecule has 12 heavy (non-hydrogen) atoms. The molecule has 0 saturated carbocycles. The van der Waals surface area contributed by atoms with Gasteiger partial charge in [-0.05, 0) is 25.5 Å². The second kappa shape index (κ2) is 3.08. The van der Waals surface area contributed by atoms with E-state index in [0.717, 1.165) is 0 Å². The van der Waals surface area contributed by atoms with Crippen LogP contribution in [0.3, 0.4) is 0 Å². The van der Waals surface area contributed by atoms with E-state index in [0.29, 0.717) is 11.0 Å². The van der Waals surface area contributed by atoms with Crippen LogP contribution in [-0.2, 0) is 4.57 Å². The van der Waals surface area contributed by atoms with Crippen LogP contribution in [0, 0.1) is 11.3 Å². The molecule has 0 N–H and O–H groups in total. The largest absolute Gasteiger partial charge is 0.318 e. The van der Waals surface area contributed by atoms with Gasteiger partial charge in [-0.15, -0.1) is 0 Å². The molecule has 0 amide bonds. The van der Waals surface area contributed by atoms with Crippen LogP contribution >= 0.6 is 7.14 Å². The first-order valence-corrected chi connectivity index (χ1v) is 6.06. The lowest BCUT2D eigenvalue weighted by molar-refractivity contribution is 0.588. The maximum Gasteiger partial charge on any atom is 0.127 e. The Morgan fingerprint density at radius 3 is 2.75 bits per heavy atom. The summed E-state index contributed by atoms with van der Waals surface area (Å²) in [4.78, 5) is 3.94. The predicted molar refractivity (Wildman–Crippen MR) is 48.0 cm³/mol. The summed E-state index contributed by atoms with van der Waals surface area (Å²) in [6, 6.07) is 5.14. The van der Waals surface area contributed by atoms with Gasteiger partial charge >= 0.3 is 0 Å². The minimum Gasteiger partial charge on any atom is -0.318 e. The van der Waals surface area contributed by atoms with Gasteiger partial charge in [-0.3, -0.25) is 4.98 Å². The van der Waals surface area contributed by atoms with Crippen molar-refractivity contribution < 1.29 is 4.57 Å². The lowest BCUT2D eigenvalue weighted by Gasteiger charge is -2.04. The number of nitriles is 1. The Bertz CT molecular complexity index is 375. The summed E-state index contributed by atoms with van der Waals surface area (Å²) in [5.41, 5.74) is 1.02. The molecule has 0 radical (unpaired) electrons. The molecular weight excluding hydrogens is 171 g/mol. The zero-order valence-electron chi connectivity index (χ0n) is 6.98. The van der Waals surface area contributed by atoms with E-state index in [1.165, 1.54) is 6.20 Å². The van der Waals surface area contributed by atoms with Crippen LogP contribution in [0.1, 0.15) is 5.56 Å². The Morgan fingerprint density at radius 2 is 2.25 bits per heavy atom. The van der Waals surface area contributed by atoms with Gasteiger partial charge in [-0.1, -0.05) is 0 Å². The molecule has 0 aliphatic heterocycles. The third kappa shape index (κ3) is 1.93. The zero-order chi connectivity index (χ0) is 9.19. The van der Waals surface area contributed by atoms with Crippen molar-refractivity contribution in [3.8, 4) is 6.07 Å². The van der Waals surface area contributed by atoms with Gasteiger partial charge < -0.3 is 4.57 Å². The fourth-order valence-corrected chi connectivity index (χ4v) is 1.58. The second-order valence-corrected chi connectivity index (χ2v) is 6.03. The molecule has 0 aromatic carbocycles. The summed E-state index contributed by atoms with van der Waals surface area (Å²) >= 11 is 0. The lowest BCUT2D eigenvalue weighted by Crippen LogP contribution is -2.07. The van der Waals surface area contributed by atoms with E-state index in [2.05, 4.69) is 4.98 Å².